The Morgan fingerprint density at radius 1 is 1.35 bits per heavy atom. The summed E-state index contributed by atoms with van der Waals surface area (Å²) < 4.78 is 0. The van der Waals surface area contributed by atoms with Gasteiger partial charge in [-0.15, -0.1) is 0 Å². The minimum atomic E-state index is 0.00838. The van der Waals surface area contributed by atoms with E-state index in [0.29, 0.717) is 6.42 Å². The summed E-state index contributed by atoms with van der Waals surface area (Å²) in [5.41, 5.74) is 4.26. The average Bonchev–Trinajstić information content (AvgIpc) is 3.26. The van der Waals surface area contributed by atoms with Gasteiger partial charge in [-0.3, -0.25) is 9.78 Å². The van der Waals surface area contributed by atoms with Gasteiger partial charge in [-0.25, -0.2) is 0 Å². The number of amides is 1. The van der Waals surface area contributed by atoms with Gasteiger partial charge in [0.1, 0.15) is 0 Å². The summed E-state index contributed by atoms with van der Waals surface area (Å²) in [6.07, 6.45) is 6.39. The van der Waals surface area contributed by atoms with Crippen molar-refractivity contribution in [2.45, 2.75) is 32.1 Å². The van der Waals surface area contributed by atoms with E-state index in [1.54, 1.807) is 12.4 Å². The van der Waals surface area contributed by atoms with E-state index in [0.717, 1.165) is 22.7 Å². The first-order valence-electron chi connectivity index (χ1n) is 7.01. The van der Waals surface area contributed by atoms with Crippen molar-refractivity contribution in [1.29, 1.82) is 0 Å². The van der Waals surface area contributed by atoms with Crippen LogP contribution in [0.5, 0.6) is 0 Å². The largest absolute Gasteiger partial charge is 0.324 e. The van der Waals surface area contributed by atoms with Crippen LogP contribution in [0.3, 0.4) is 0 Å². The molecule has 1 aromatic carbocycles. The molecular weight excluding hydrogens is 248 g/mol. The molecular formula is C17H18N2O. The first kappa shape index (κ1) is 12.9. The van der Waals surface area contributed by atoms with E-state index >= 15 is 0 Å². The number of aryl methyl sites for hydroxylation is 1. The minimum Gasteiger partial charge on any atom is -0.324 e. The van der Waals surface area contributed by atoms with Crippen molar-refractivity contribution in [2.75, 3.05) is 5.32 Å². The zero-order chi connectivity index (χ0) is 13.9. The molecule has 1 aliphatic rings. The molecule has 3 heteroatoms. The predicted molar refractivity (Wildman–Crippen MR) is 79.7 cm³/mol. The van der Waals surface area contributed by atoms with Crippen LogP contribution in [0.25, 0.3) is 0 Å². The van der Waals surface area contributed by atoms with Crippen molar-refractivity contribution in [3.05, 3.63) is 59.4 Å². The highest BCUT2D eigenvalue weighted by molar-refractivity contribution is 5.92. The molecule has 0 atom stereocenters. The molecule has 0 radical (unpaired) electrons. The minimum absolute atomic E-state index is 0.00838. The van der Waals surface area contributed by atoms with Crippen molar-refractivity contribution in [2.24, 2.45) is 0 Å². The summed E-state index contributed by atoms with van der Waals surface area (Å²) >= 11 is 0. The topological polar surface area (TPSA) is 42.0 Å². The number of hydrogen-bond acceptors (Lipinski definition) is 2. The van der Waals surface area contributed by atoms with Crippen LogP contribution in [0.1, 0.15) is 35.4 Å². The molecule has 1 fully saturated rings. The molecule has 0 saturated heterocycles. The first-order chi connectivity index (χ1) is 9.72. The number of carbonyl (C=O) groups is 1. The van der Waals surface area contributed by atoms with Gasteiger partial charge in [0.15, 0.2) is 0 Å². The number of pyridine rings is 1. The van der Waals surface area contributed by atoms with E-state index in [2.05, 4.69) is 22.4 Å². The maximum Gasteiger partial charge on any atom is 0.228 e. The molecule has 0 spiro atoms. The van der Waals surface area contributed by atoms with Crippen LogP contribution < -0.4 is 5.32 Å². The third-order valence-corrected chi connectivity index (χ3v) is 3.68. The number of nitrogens with zero attached hydrogens (tertiary/aromatic N) is 1. The molecule has 0 unspecified atom stereocenters. The van der Waals surface area contributed by atoms with E-state index < -0.39 is 0 Å². The van der Waals surface area contributed by atoms with Crippen molar-refractivity contribution < 1.29 is 4.79 Å². The third kappa shape index (κ3) is 3.05. The fourth-order valence-corrected chi connectivity index (χ4v) is 2.35. The first-order valence-corrected chi connectivity index (χ1v) is 7.01. The van der Waals surface area contributed by atoms with Crippen LogP contribution >= 0.6 is 0 Å². The van der Waals surface area contributed by atoms with Crippen molar-refractivity contribution in [3.63, 3.8) is 0 Å². The van der Waals surface area contributed by atoms with Gasteiger partial charge in [-0.2, -0.15) is 0 Å². The van der Waals surface area contributed by atoms with Gasteiger partial charge in [0, 0.05) is 6.20 Å². The second-order valence-electron chi connectivity index (χ2n) is 5.43. The number of anilines is 1. The van der Waals surface area contributed by atoms with Gasteiger partial charge in [-0.05, 0) is 48.4 Å². The zero-order valence-electron chi connectivity index (χ0n) is 11.6. The normalized spacial score (nSPS) is 14.1. The van der Waals surface area contributed by atoms with Crippen LogP contribution in [0, 0.1) is 6.92 Å². The molecule has 1 aromatic heterocycles. The number of rotatable bonds is 4. The predicted octanol–water partition coefficient (Wildman–Crippen LogP) is 3.45. The molecule has 3 rings (SSSR count). The second-order valence-corrected chi connectivity index (χ2v) is 5.43. The molecule has 0 bridgehead atoms. The smallest absolute Gasteiger partial charge is 0.228 e. The molecule has 0 aliphatic heterocycles. The summed E-state index contributed by atoms with van der Waals surface area (Å²) in [6, 6.07) is 10.3. The van der Waals surface area contributed by atoms with Crippen LogP contribution in [0.15, 0.2) is 42.7 Å². The summed E-state index contributed by atoms with van der Waals surface area (Å²) in [5.74, 6) is 0.729. The molecule has 20 heavy (non-hydrogen) atoms. The van der Waals surface area contributed by atoms with E-state index in [1.807, 2.05) is 25.1 Å². The van der Waals surface area contributed by atoms with Crippen molar-refractivity contribution in [3.8, 4) is 0 Å². The summed E-state index contributed by atoms with van der Waals surface area (Å²) in [6.45, 7) is 1.96. The summed E-state index contributed by atoms with van der Waals surface area (Å²) in [5, 5.41) is 2.92. The monoisotopic (exact) mass is 266 g/mol. The molecule has 2 aromatic rings. The lowest BCUT2D eigenvalue weighted by Gasteiger charge is -2.08. The Kier molecular flexibility index (Phi) is 3.50. The fraction of sp³-hybridized carbons (Fsp3) is 0.294. The maximum absolute atomic E-state index is 12.1. The highest BCUT2D eigenvalue weighted by Gasteiger charge is 2.23. The molecule has 1 N–H and O–H groups in total. The highest BCUT2D eigenvalue weighted by Crippen LogP contribution is 2.40. The van der Waals surface area contributed by atoms with Gasteiger partial charge < -0.3 is 5.32 Å². The molecule has 3 nitrogen and oxygen atoms in total. The molecule has 1 heterocycles. The Morgan fingerprint density at radius 3 is 2.95 bits per heavy atom. The zero-order valence-corrected chi connectivity index (χ0v) is 11.6. The third-order valence-electron chi connectivity index (χ3n) is 3.68. The van der Waals surface area contributed by atoms with Gasteiger partial charge in [0.05, 0.1) is 18.3 Å². The van der Waals surface area contributed by atoms with E-state index in [9.17, 15) is 4.79 Å². The lowest BCUT2D eigenvalue weighted by atomic mass is 10.0. The standard InChI is InChI=1S/C17H18N2O/c1-12-7-8-18-11-16(12)19-17(20)10-13-3-2-4-15(9-13)14-5-6-14/h2-4,7-9,11,14H,5-6,10H2,1H3,(H,19,20). The number of nitrogens with one attached hydrogen (secondary N) is 1. The van der Waals surface area contributed by atoms with Gasteiger partial charge in [-0.1, -0.05) is 24.3 Å². The number of aromatic nitrogens is 1. The van der Waals surface area contributed by atoms with Gasteiger partial charge in [0.2, 0.25) is 5.91 Å². The second kappa shape index (κ2) is 5.45. The molecule has 1 aliphatic carbocycles. The van der Waals surface area contributed by atoms with Gasteiger partial charge in [0.25, 0.3) is 0 Å². The highest BCUT2D eigenvalue weighted by atomic mass is 16.1. The maximum atomic E-state index is 12.1. The SMILES string of the molecule is Cc1ccncc1NC(=O)Cc1cccc(C2CC2)c1. The van der Waals surface area contributed by atoms with Gasteiger partial charge >= 0.3 is 0 Å². The van der Waals surface area contributed by atoms with Crippen LogP contribution in [0.2, 0.25) is 0 Å². The van der Waals surface area contributed by atoms with Crippen LogP contribution in [-0.4, -0.2) is 10.9 Å². The number of benzene rings is 1. The Bertz CT molecular complexity index is 632. The molecule has 1 amide bonds. The number of carbonyl (C=O) groups excluding carboxylic acids is 1. The quantitative estimate of drug-likeness (QED) is 0.921. The van der Waals surface area contributed by atoms with E-state index in [1.165, 1.54) is 18.4 Å². The Morgan fingerprint density at radius 2 is 2.20 bits per heavy atom. The van der Waals surface area contributed by atoms with E-state index in [-0.39, 0.29) is 5.91 Å². The molecule has 102 valence electrons. The van der Waals surface area contributed by atoms with Crippen LogP contribution in [0.4, 0.5) is 5.69 Å². The lowest BCUT2D eigenvalue weighted by Crippen LogP contribution is -2.15. The Balaban J connectivity index is 1.67. The Hall–Kier alpha value is -2.16. The summed E-state index contributed by atoms with van der Waals surface area (Å²) in [4.78, 5) is 16.1. The van der Waals surface area contributed by atoms with Crippen molar-refractivity contribution >= 4 is 11.6 Å². The van der Waals surface area contributed by atoms with Crippen LogP contribution in [-0.2, 0) is 11.2 Å². The lowest BCUT2D eigenvalue weighted by molar-refractivity contribution is -0.115. The molecule has 1 saturated carbocycles. The van der Waals surface area contributed by atoms with Crippen molar-refractivity contribution in [1.82, 2.24) is 4.98 Å². The summed E-state index contributed by atoms with van der Waals surface area (Å²) in [7, 11) is 0. The fourth-order valence-electron chi connectivity index (χ4n) is 2.35. The number of hydrogen-bond donors (Lipinski definition) is 1. The van der Waals surface area contributed by atoms with E-state index in [4.69, 9.17) is 0 Å². The Labute approximate surface area is 119 Å². The average molecular weight is 266 g/mol.